The highest BCUT2D eigenvalue weighted by atomic mass is 16.3. The average Bonchev–Trinajstić information content (AvgIpc) is 2.60. The standard InChI is InChI=1S/C20H30N2O3/c1-15(2)14-18(16-6-4-3-5-7-16)21-19(24)8-9-20(25)22-12-10-17(23)11-13-22/h3-7,15,17-18,23H,8-14H2,1-2H3,(H,21,24). The van der Waals surface area contributed by atoms with Crippen LogP contribution in [0.5, 0.6) is 0 Å². The number of aliphatic hydroxyl groups excluding tert-OH is 1. The number of likely N-dealkylation sites (tertiary alicyclic amines) is 1. The van der Waals surface area contributed by atoms with Crippen LogP contribution in [0.4, 0.5) is 0 Å². The SMILES string of the molecule is CC(C)CC(NC(=O)CCC(=O)N1CCC(O)CC1)c1ccccc1. The number of benzene rings is 1. The van der Waals surface area contributed by atoms with Crippen molar-refractivity contribution in [2.45, 2.75) is 58.1 Å². The summed E-state index contributed by atoms with van der Waals surface area (Å²) in [6, 6.07) is 9.95. The number of nitrogens with zero attached hydrogens (tertiary/aromatic N) is 1. The molecule has 1 aliphatic heterocycles. The highest BCUT2D eigenvalue weighted by Gasteiger charge is 2.22. The molecule has 1 aromatic rings. The predicted octanol–water partition coefficient (Wildman–Crippen LogP) is 2.65. The summed E-state index contributed by atoms with van der Waals surface area (Å²) in [4.78, 5) is 26.3. The third kappa shape index (κ3) is 6.50. The summed E-state index contributed by atoms with van der Waals surface area (Å²) < 4.78 is 0. The van der Waals surface area contributed by atoms with E-state index in [-0.39, 0.29) is 36.8 Å². The summed E-state index contributed by atoms with van der Waals surface area (Å²) in [5, 5.41) is 12.6. The Kier molecular flexibility index (Phi) is 7.44. The van der Waals surface area contributed by atoms with E-state index in [1.165, 1.54) is 0 Å². The predicted molar refractivity (Wildman–Crippen MR) is 97.8 cm³/mol. The second kappa shape index (κ2) is 9.56. The molecule has 5 nitrogen and oxygen atoms in total. The van der Waals surface area contributed by atoms with Gasteiger partial charge in [0.2, 0.25) is 11.8 Å². The molecule has 0 aromatic heterocycles. The molecule has 1 unspecified atom stereocenters. The summed E-state index contributed by atoms with van der Waals surface area (Å²) in [7, 11) is 0. The molecule has 138 valence electrons. The molecule has 2 amide bonds. The minimum atomic E-state index is -0.296. The zero-order valence-electron chi connectivity index (χ0n) is 15.3. The fourth-order valence-electron chi connectivity index (χ4n) is 3.20. The van der Waals surface area contributed by atoms with Gasteiger partial charge in [-0.25, -0.2) is 0 Å². The molecule has 0 spiro atoms. The molecule has 5 heteroatoms. The van der Waals surface area contributed by atoms with E-state index in [4.69, 9.17) is 0 Å². The lowest BCUT2D eigenvalue weighted by atomic mass is 9.97. The molecule has 0 bridgehead atoms. The van der Waals surface area contributed by atoms with Gasteiger partial charge in [-0.1, -0.05) is 44.2 Å². The van der Waals surface area contributed by atoms with Crippen LogP contribution in [0, 0.1) is 5.92 Å². The Hall–Kier alpha value is -1.88. The molecule has 1 saturated heterocycles. The van der Waals surface area contributed by atoms with Crippen molar-refractivity contribution in [2.24, 2.45) is 5.92 Å². The average molecular weight is 346 g/mol. The zero-order valence-corrected chi connectivity index (χ0v) is 15.3. The molecule has 0 radical (unpaired) electrons. The molecule has 1 heterocycles. The largest absolute Gasteiger partial charge is 0.393 e. The normalized spacial score (nSPS) is 16.7. The van der Waals surface area contributed by atoms with E-state index < -0.39 is 0 Å². The van der Waals surface area contributed by atoms with Crippen molar-refractivity contribution in [2.75, 3.05) is 13.1 Å². The molecule has 1 fully saturated rings. The van der Waals surface area contributed by atoms with E-state index in [0.29, 0.717) is 31.8 Å². The van der Waals surface area contributed by atoms with E-state index in [2.05, 4.69) is 19.2 Å². The summed E-state index contributed by atoms with van der Waals surface area (Å²) in [5.74, 6) is 0.383. The van der Waals surface area contributed by atoms with Crippen LogP contribution < -0.4 is 5.32 Å². The van der Waals surface area contributed by atoms with Crippen molar-refractivity contribution in [3.63, 3.8) is 0 Å². The van der Waals surface area contributed by atoms with E-state index in [1.54, 1.807) is 4.90 Å². The first-order chi connectivity index (χ1) is 12.0. The molecule has 0 saturated carbocycles. The molecule has 1 aromatic carbocycles. The number of aliphatic hydroxyl groups is 1. The second-order valence-electron chi connectivity index (χ2n) is 7.27. The van der Waals surface area contributed by atoms with Gasteiger partial charge in [0.25, 0.3) is 0 Å². The van der Waals surface area contributed by atoms with Crippen LogP contribution in [-0.4, -0.2) is 41.0 Å². The highest BCUT2D eigenvalue weighted by Crippen LogP contribution is 2.21. The maximum Gasteiger partial charge on any atom is 0.223 e. The molecule has 2 N–H and O–H groups in total. The van der Waals surface area contributed by atoms with Crippen molar-refractivity contribution < 1.29 is 14.7 Å². The van der Waals surface area contributed by atoms with Gasteiger partial charge in [0.05, 0.1) is 12.1 Å². The smallest absolute Gasteiger partial charge is 0.223 e. The Morgan fingerprint density at radius 3 is 2.40 bits per heavy atom. The lowest BCUT2D eigenvalue weighted by Gasteiger charge is -2.29. The fourth-order valence-corrected chi connectivity index (χ4v) is 3.20. The van der Waals surface area contributed by atoms with Gasteiger partial charge in [0.1, 0.15) is 0 Å². The van der Waals surface area contributed by atoms with Gasteiger partial charge in [-0.05, 0) is 30.7 Å². The van der Waals surface area contributed by atoms with Crippen LogP contribution in [-0.2, 0) is 9.59 Å². The molecule has 1 aliphatic rings. The highest BCUT2D eigenvalue weighted by molar-refractivity contribution is 5.84. The van der Waals surface area contributed by atoms with Gasteiger partial charge in [0.15, 0.2) is 0 Å². The number of carbonyl (C=O) groups is 2. The van der Waals surface area contributed by atoms with Crippen molar-refractivity contribution in [3.05, 3.63) is 35.9 Å². The first-order valence-corrected chi connectivity index (χ1v) is 9.26. The molecular weight excluding hydrogens is 316 g/mol. The minimum absolute atomic E-state index is 0.00201. The maximum atomic E-state index is 12.3. The van der Waals surface area contributed by atoms with Crippen LogP contribution in [0.25, 0.3) is 0 Å². The zero-order chi connectivity index (χ0) is 18.2. The number of amides is 2. The van der Waals surface area contributed by atoms with E-state index >= 15 is 0 Å². The van der Waals surface area contributed by atoms with Crippen LogP contribution in [0.3, 0.4) is 0 Å². The Labute approximate surface area is 150 Å². The topological polar surface area (TPSA) is 69.6 Å². The number of piperidine rings is 1. The van der Waals surface area contributed by atoms with Crippen molar-refractivity contribution in [3.8, 4) is 0 Å². The van der Waals surface area contributed by atoms with Gasteiger partial charge in [0, 0.05) is 25.9 Å². The van der Waals surface area contributed by atoms with E-state index in [1.807, 2.05) is 30.3 Å². The monoisotopic (exact) mass is 346 g/mol. The Morgan fingerprint density at radius 1 is 1.16 bits per heavy atom. The lowest BCUT2D eigenvalue weighted by molar-refractivity contribution is -0.135. The fraction of sp³-hybridized carbons (Fsp3) is 0.600. The van der Waals surface area contributed by atoms with E-state index in [9.17, 15) is 14.7 Å². The second-order valence-corrected chi connectivity index (χ2v) is 7.27. The summed E-state index contributed by atoms with van der Waals surface area (Å²) in [5.41, 5.74) is 1.10. The number of carbonyl (C=O) groups excluding carboxylic acids is 2. The first-order valence-electron chi connectivity index (χ1n) is 9.26. The van der Waals surface area contributed by atoms with Crippen molar-refractivity contribution in [1.82, 2.24) is 10.2 Å². The lowest BCUT2D eigenvalue weighted by Crippen LogP contribution is -2.40. The van der Waals surface area contributed by atoms with Crippen LogP contribution in [0.15, 0.2) is 30.3 Å². The summed E-state index contributed by atoms with van der Waals surface area (Å²) in [6.07, 6.45) is 2.26. The van der Waals surface area contributed by atoms with Gasteiger partial charge in [-0.3, -0.25) is 9.59 Å². The third-order valence-corrected chi connectivity index (χ3v) is 4.63. The quantitative estimate of drug-likeness (QED) is 0.797. The molecule has 25 heavy (non-hydrogen) atoms. The Bertz CT molecular complexity index is 551. The Balaban J connectivity index is 1.83. The first kappa shape index (κ1) is 19.4. The van der Waals surface area contributed by atoms with Crippen LogP contribution in [0.1, 0.15) is 57.6 Å². The number of hydrogen-bond acceptors (Lipinski definition) is 3. The third-order valence-electron chi connectivity index (χ3n) is 4.63. The minimum Gasteiger partial charge on any atom is -0.393 e. The maximum absolute atomic E-state index is 12.3. The number of hydrogen-bond donors (Lipinski definition) is 2. The van der Waals surface area contributed by atoms with Gasteiger partial charge >= 0.3 is 0 Å². The molecular formula is C20H30N2O3. The van der Waals surface area contributed by atoms with Crippen molar-refractivity contribution in [1.29, 1.82) is 0 Å². The summed E-state index contributed by atoms with van der Waals surface area (Å²) >= 11 is 0. The van der Waals surface area contributed by atoms with Crippen LogP contribution >= 0.6 is 0 Å². The van der Waals surface area contributed by atoms with Gasteiger partial charge in [-0.2, -0.15) is 0 Å². The van der Waals surface area contributed by atoms with Crippen molar-refractivity contribution >= 4 is 11.8 Å². The molecule has 2 rings (SSSR count). The Morgan fingerprint density at radius 2 is 1.80 bits per heavy atom. The van der Waals surface area contributed by atoms with Gasteiger partial charge < -0.3 is 15.3 Å². The number of rotatable bonds is 7. The molecule has 0 aliphatic carbocycles. The molecule has 1 atom stereocenters. The van der Waals surface area contributed by atoms with E-state index in [0.717, 1.165) is 12.0 Å². The summed E-state index contributed by atoms with van der Waals surface area (Å²) in [6.45, 7) is 5.44. The van der Waals surface area contributed by atoms with Gasteiger partial charge in [-0.15, -0.1) is 0 Å². The van der Waals surface area contributed by atoms with Crippen LogP contribution in [0.2, 0.25) is 0 Å². The number of nitrogens with one attached hydrogen (secondary N) is 1.